The molecule has 0 amide bonds. The largest absolute Gasteiger partial charge is 0.393 e. The van der Waals surface area contributed by atoms with Gasteiger partial charge in [0.2, 0.25) is 0 Å². The van der Waals surface area contributed by atoms with Crippen LogP contribution in [0.15, 0.2) is 47.1 Å². The number of hydrogen-bond donors (Lipinski definition) is 1. The third kappa shape index (κ3) is 1.64. The van der Waals surface area contributed by atoms with Gasteiger partial charge in [0.1, 0.15) is 0 Å². The third-order valence-corrected chi connectivity index (χ3v) is 5.75. The summed E-state index contributed by atoms with van der Waals surface area (Å²) in [6, 6.07) is 0. The van der Waals surface area contributed by atoms with Crippen LogP contribution in [0.3, 0.4) is 0 Å². The predicted molar refractivity (Wildman–Crippen MR) is 77.6 cm³/mol. The summed E-state index contributed by atoms with van der Waals surface area (Å²) < 4.78 is 0. The van der Waals surface area contributed by atoms with Gasteiger partial charge in [0.25, 0.3) is 0 Å². The van der Waals surface area contributed by atoms with E-state index in [1.165, 1.54) is 24.8 Å². The molecule has 0 aromatic heterocycles. The zero-order valence-electron chi connectivity index (χ0n) is 11.6. The van der Waals surface area contributed by atoms with Gasteiger partial charge in [-0.3, -0.25) is 0 Å². The lowest BCUT2D eigenvalue weighted by Crippen LogP contribution is -2.35. The molecule has 0 aromatic rings. The van der Waals surface area contributed by atoms with E-state index in [1.54, 1.807) is 11.1 Å². The third-order valence-electron chi connectivity index (χ3n) is 5.75. The quantitative estimate of drug-likeness (QED) is 0.694. The van der Waals surface area contributed by atoms with E-state index in [9.17, 15) is 5.11 Å². The average molecular weight is 254 g/mol. The van der Waals surface area contributed by atoms with Gasteiger partial charge >= 0.3 is 0 Å². The Morgan fingerprint density at radius 3 is 2.89 bits per heavy atom. The number of rotatable bonds is 0. The fraction of sp³-hybridized carbons (Fsp3) is 0.556. The van der Waals surface area contributed by atoms with Gasteiger partial charge in [-0.15, -0.1) is 0 Å². The number of allylic oxidation sites excluding steroid dienone is 7. The Morgan fingerprint density at radius 1 is 1.11 bits per heavy atom. The van der Waals surface area contributed by atoms with E-state index in [0.29, 0.717) is 17.3 Å². The maximum Gasteiger partial charge on any atom is 0.0577 e. The fourth-order valence-electron chi connectivity index (χ4n) is 4.65. The van der Waals surface area contributed by atoms with Crippen molar-refractivity contribution in [1.29, 1.82) is 0 Å². The molecule has 0 saturated heterocycles. The molecule has 0 bridgehead atoms. The van der Waals surface area contributed by atoms with Crippen molar-refractivity contribution in [1.82, 2.24) is 0 Å². The van der Waals surface area contributed by atoms with E-state index in [0.717, 1.165) is 12.8 Å². The molecule has 2 saturated carbocycles. The first-order chi connectivity index (χ1) is 9.17. The van der Waals surface area contributed by atoms with Crippen LogP contribution in [0.2, 0.25) is 0 Å². The number of aliphatic hydroxyl groups is 1. The Hall–Kier alpha value is -1.08. The van der Waals surface area contributed by atoms with E-state index in [4.69, 9.17) is 0 Å². The monoisotopic (exact) mass is 254 g/mol. The Bertz CT molecular complexity index is 534. The van der Waals surface area contributed by atoms with Crippen LogP contribution in [0.25, 0.3) is 0 Å². The predicted octanol–water partition coefficient (Wildman–Crippen LogP) is 3.93. The molecule has 4 atom stereocenters. The van der Waals surface area contributed by atoms with Crippen molar-refractivity contribution in [2.24, 2.45) is 17.3 Å². The summed E-state index contributed by atoms with van der Waals surface area (Å²) in [5.41, 5.74) is 4.94. The molecular weight excluding hydrogens is 232 g/mol. The second kappa shape index (κ2) is 3.96. The molecule has 4 aliphatic carbocycles. The van der Waals surface area contributed by atoms with Gasteiger partial charge in [0, 0.05) is 5.41 Å². The van der Waals surface area contributed by atoms with Gasteiger partial charge in [-0.2, -0.15) is 0 Å². The summed E-state index contributed by atoms with van der Waals surface area (Å²) in [7, 11) is 0. The van der Waals surface area contributed by atoms with Crippen LogP contribution in [0.5, 0.6) is 0 Å². The van der Waals surface area contributed by atoms with Crippen LogP contribution in [-0.2, 0) is 0 Å². The lowest BCUT2D eigenvalue weighted by atomic mass is 9.59. The summed E-state index contributed by atoms with van der Waals surface area (Å²) in [6.45, 7) is 2.38. The average Bonchev–Trinajstić information content (AvgIpc) is 2.79. The van der Waals surface area contributed by atoms with Crippen molar-refractivity contribution in [3.63, 3.8) is 0 Å². The minimum atomic E-state index is -0.0985. The van der Waals surface area contributed by atoms with Crippen LogP contribution in [0, 0.1) is 17.3 Å². The summed E-state index contributed by atoms with van der Waals surface area (Å²) in [4.78, 5) is 0. The molecule has 19 heavy (non-hydrogen) atoms. The fourth-order valence-corrected chi connectivity index (χ4v) is 4.65. The molecule has 1 N–H and O–H groups in total. The highest BCUT2D eigenvalue weighted by molar-refractivity contribution is 5.52. The molecule has 1 heteroatoms. The zero-order chi connectivity index (χ0) is 13.0. The van der Waals surface area contributed by atoms with Crippen LogP contribution in [0.4, 0.5) is 0 Å². The van der Waals surface area contributed by atoms with Crippen LogP contribution < -0.4 is 0 Å². The smallest absolute Gasteiger partial charge is 0.0577 e. The van der Waals surface area contributed by atoms with Crippen molar-refractivity contribution in [3.05, 3.63) is 47.1 Å². The molecule has 0 aromatic carbocycles. The Morgan fingerprint density at radius 2 is 2.00 bits per heavy atom. The molecule has 0 heterocycles. The Balaban J connectivity index is 1.73. The zero-order valence-corrected chi connectivity index (χ0v) is 11.6. The summed E-state index contributed by atoms with van der Waals surface area (Å²) in [5, 5.41) is 9.85. The lowest BCUT2D eigenvalue weighted by molar-refractivity contribution is 0.122. The van der Waals surface area contributed by atoms with Crippen molar-refractivity contribution in [2.75, 3.05) is 0 Å². The highest BCUT2D eigenvalue weighted by atomic mass is 16.3. The minimum absolute atomic E-state index is 0.0985. The molecule has 1 nitrogen and oxygen atoms in total. The van der Waals surface area contributed by atoms with Gasteiger partial charge in [-0.05, 0) is 55.1 Å². The molecule has 100 valence electrons. The van der Waals surface area contributed by atoms with Gasteiger partial charge in [-0.25, -0.2) is 0 Å². The van der Waals surface area contributed by atoms with Crippen LogP contribution in [-0.4, -0.2) is 11.2 Å². The second-order valence-corrected chi connectivity index (χ2v) is 6.91. The summed E-state index contributed by atoms with van der Waals surface area (Å²) in [6.07, 6.45) is 17.2. The normalized spacial score (nSPS) is 43.7. The second-order valence-electron chi connectivity index (χ2n) is 6.91. The van der Waals surface area contributed by atoms with Crippen molar-refractivity contribution in [2.45, 2.75) is 45.1 Å². The van der Waals surface area contributed by atoms with Gasteiger partial charge in [0.05, 0.1) is 6.10 Å². The van der Waals surface area contributed by atoms with Gasteiger partial charge in [-0.1, -0.05) is 42.9 Å². The van der Waals surface area contributed by atoms with Crippen LogP contribution in [0.1, 0.15) is 39.0 Å². The first-order valence-corrected chi connectivity index (χ1v) is 7.66. The number of aliphatic hydroxyl groups excluding tert-OH is 1. The maximum atomic E-state index is 9.85. The molecule has 0 radical (unpaired) electrons. The highest BCUT2D eigenvalue weighted by Gasteiger charge is 2.43. The van der Waals surface area contributed by atoms with E-state index in [1.807, 2.05) is 0 Å². The molecule has 4 rings (SSSR count). The van der Waals surface area contributed by atoms with E-state index in [2.05, 4.69) is 37.3 Å². The SMILES string of the molecule is C[C@@]12C=CC=C1C1=CC=C3CC(O)CC[C@@H]3[C@H]1CC2. The molecule has 1 unspecified atom stereocenters. The molecular formula is C18H22O. The molecule has 0 spiro atoms. The molecule has 4 aliphatic rings. The molecule has 0 aliphatic heterocycles. The van der Waals surface area contributed by atoms with E-state index in [-0.39, 0.29) is 6.10 Å². The first kappa shape index (κ1) is 11.7. The van der Waals surface area contributed by atoms with Gasteiger partial charge < -0.3 is 5.11 Å². The minimum Gasteiger partial charge on any atom is -0.393 e. The topological polar surface area (TPSA) is 20.2 Å². The van der Waals surface area contributed by atoms with Crippen molar-refractivity contribution < 1.29 is 5.11 Å². The maximum absolute atomic E-state index is 9.85. The van der Waals surface area contributed by atoms with Crippen molar-refractivity contribution in [3.8, 4) is 0 Å². The van der Waals surface area contributed by atoms with E-state index >= 15 is 0 Å². The lowest BCUT2D eigenvalue weighted by Gasteiger charge is -2.45. The van der Waals surface area contributed by atoms with Crippen LogP contribution >= 0.6 is 0 Å². The van der Waals surface area contributed by atoms with E-state index < -0.39 is 0 Å². The number of fused-ring (bicyclic) bond motifs is 5. The standard InChI is InChI=1S/C18H22O/c1-18-9-2-3-17(18)16-6-4-12-11-13(19)5-7-14(12)15(16)8-10-18/h2-4,6,9,13-15,19H,5,7-8,10-11H2,1H3/t13?,14-,15+,18-/m0/s1. The summed E-state index contributed by atoms with van der Waals surface area (Å²) >= 11 is 0. The summed E-state index contributed by atoms with van der Waals surface area (Å²) in [5.74, 6) is 1.42. The van der Waals surface area contributed by atoms with Crippen molar-refractivity contribution >= 4 is 0 Å². The Kier molecular flexibility index (Phi) is 2.44. The molecule has 2 fully saturated rings. The highest BCUT2D eigenvalue weighted by Crippen LogP contribution is 2.55. The van der Waals surface area contributed by atoms with Gasteiger partial charge in [0.15, 0.2) is 0 Å². The number of hydrogen-bond acceptors (Lipinski definition) is 1. The Labute approximate surface area is 115 Å². The first-order valence-electron chi connectivity index (χ1n) is 7.66.